The molecule has 5 nitrogen and oxygen atoms in total. The topological polar surface area (TPSA) is 75.6 Å². The van der Waals surface area contributed by atoms with Crippen LogP contribution in [0.1, 0.15) is 18.9 Å². The molecule has 0 radical (unpaired) electrons. The van der Waals surface area contributed by atoms with Crippen LogP contribution in [0.15, 0.2) is 18.2 Å². The van der Waals surface area contributed by atoms with E-state index in [4.69, 9.17) is 16.3 Å². The highest BCUT2D eigenvalue weighted by atomic mass is 35.5. The van der Waals surface area contributed by atoms with Gasteiger partial charge in [-0.25, -0.2) is 8.42 Å². The fourth-order valence-electron chi connectivity index (χ4n) is 2.29. The Labute approximate surface area is 130 Å². The monoisotopic (exact) mass is 333 g/mol. The molecule has 1 saturated heterocycles. The van der Waals surface area contributed by atoms with Gasteiger partial charge in [-0.3, -0.25) is 0 Å². The minimum atomic E-state index is -3.25. The van der Waals surface area contributed by atoms with Crippen LogP contribution in [0.5, 0.6) is 5.75 Å². The van der Waals surface area contributed by atoms with Crippen molar-refractivity contribution in [3.8, 4) is 5.75 Å². The van der Waals surface area contributed by atoms with Crippen molar-refractivity contribution in [1.29, 1.82) is 0 Å². The first kappa shape index (κ1) is 16.5. The van der Waals surface area contributed by atoms with Gasteiger partial charge in [0.25, 0.3) is 0 Å². The lowest BCUT2D eigenvalue weighted by Gasteiger charge is -2.19. The first-order valence-electron chi connectivity index (χ1n) is 6.96. The van der Waals surface area contributed by atoms with Crippen LogP contribution >= 0.6 is 11.6 Å². The van der Waals surface area contributed by atoms with Crippen LogP contribution in [-0.4, -0.2) is 43.8 Å². The zero-order chi connectivity index (χ0) is 15.5. The van der Waals surface area contributed by atoms with Crippen molar-refractivity contribution < 1.29 is 18.3 Å². The highest BCUT2D eigenvalue weighted by molar-refractivity contribution is 7.91. The highest BCUT2D eigenvalue weighted by Gasteiger charge is 2.38. The predicted octanol–water partition coefficient (Wildman–Crippen LogP) is 1.38. The summed E-state index contributed by atoms with van der Waals surface area (Å²) in [5.41, 5.74) is 0.854. The predicted molar refractivity (Wildman–Crippen MR) is 82.5 cm³/mol. The van der Waals surface area contributed by atoms with Crippen molar-refractivity contribution in [1.82, 2.24) is 5.32 Å². The number of halogens is 1. The fraction of sp³-hybridized carbons (Fsp3) is 0.571. The van der Waals surface area contributed by atoms with E-state index < -0.39 is 22.0 Å². The lowest BCUT2D eigenvalue weighted by Crippen LogP contribution is -2.30. The maximum Gasteiger partial charge on any atom is 0.156 e. The summed E-state index contributed by atoms with van der Waals surface area (Å²) in [5.74, 6) is 0.0103. The quantitative estimate of drug-likeness (QED) is 0.769. The summed E-state index contributed by atoms with van der Waals surface area (Å²) >= 11 is 6.16. The number of rotatable bonds is 6. The zero-order valence-corrected chi connectivity index (χ0v) is 13.5. The number of ether oxygens (including phenoxy) is 1. The van der Waals surface area contributed by atoms with E-state index in [0.717, 1.165) is 18.5 Å². The van der Waals surface area contributed by atoms with Gasteiger partial charge in [0.05, 0.1) is 16.5 Å². The molecule has 2 atom stereocenters. The smallest absolute Gasteiger partial charge is 0.156 e. The molecule has 0 aromatic heterocycles. The summed E-state index contributed by atoms with van der Waals surface area (Å²) in [5, 5.41) is 13.5. The molecule has 1 aliphatic rings. The summed E-state index contributed by atoms with van der Waals surface area (Å²) in [4.78, 5) is 0. The summed E-state index contributed by atoms with van der Waals surface area (Å²) < 4.78 is 28.8. The van der Waals surface area contributed by atoms with Crippen molar-refractivity contribution in [3.63, 3.8) is 0 Å². The Morgan fingerprint density at radius 1 is 1.43 bits per heavy atom. The van der Waals surface area contributed by atoms with Crippen molar-refractivity contribution in [2.75, 3.05) is 18.1 Å². The maximum atomic E-state index is 11.5. The molecule has 0 spiro atoms. The van der Waals surface area contributed by atoms with Gasteiger partial charge in [-0.05, 0) is 19.0 Å². The molecule has 0 aliphatic carbocycles. The van der Waals surface area contributed by atoms with Crippen LogP contribution in [-0.2, 0) is 16.4 Å². The number of hydrogen-bond acceptors (Lipinski definition) is 5. The van der Waals surface area contributed by atoms with Crippen LogP contribution < -0.4 is 10.1 Å². The Balaban J connectivity index is 2.15. The van der Waals surface area contributed by atoms with E-state index in [9.17, 15) is 13.5 Å². The molecule has 1 aromatic rings. The molecule has 2 rings (SSSR count). The number of benzene rings is 1. The lowest BCUT2D eigenvalue weighted by atomic mass is 10.2. The molecular formula is C14H20ClNO4S. The van der Waals surface area contributed by atoms with Crippen LogP contribution in [0.25, 0.3) is 0 Å². The van der Waals surface area contributed by atoms with Crippen molar-refractivity contribution in [2.45, 2.75) is 32.1 Å². The van der Waals surface area contributed by atoms with E-state index in [-0.39, 0.29) is 11.5 Å². The third-order valence-electron chi connectivity index (χ3n) is 3.33. The summed E-state index contributed by atoms with van der Waals surface area (Å²) in [6.07, 6.45) is -0.765. The molecule has 21 heavy (non-hydrogen) atoms. The molecule has 0 saturated carbocycles. The molecule has 1 aromatic carbocycles. The second kappa shape index (κ2) is 6.96. The Morgan fingerprint density at radius 3 is 2.81 bits per heavy atom. The first-order valence-corrected chi connectivity index (χ1v) is 9.16. The molecule has 0 amide bonds. The minimum Gasteiger partial charge on any atom is -0.485 e. The molecular weight excluding hydrogens is 314 g/mol. The summed E-state index contributed by atoms with van der Waals surface area (Å²) in [7, 11) is -3.25. The second-order valence-corrected chi connectivity index (χ2v) is 7.77. The van der Waals surface area contributed by atoms with Gasteiger partial charge in [-0.2, -0.15) is 0 Å². The summed E-state index contributed by atoms with van der Waals surface area (Å²) in [6, 6.07) is 5.38. The van der Waals surface area contributed by atoms with Gasteiger partial charge in [0.15, 0.2) is 9.84 Å². The Bertz CT molecular complexity index is 591. The largest absolute Gasteiger partial charge is 0.485 e. The second-order valence-electron chi connectivity index (χ2n) is 5.21. The third kappa shape index (κ3) is 4.32. The molecule has 7 heteroatoms. The van der Waals surface area contributed by atoms with Crippen LogP contribution in [0, 0.1) is 0 Å². The molecule has 1 fully saturated rings. The molecule has 2 N–H and O–H groups in total. The maximum absolute atomic E-state index is 11.5. The first-order chi connectivity index (χ1) is 9.93. The molecule has 1 aliphatic heterocycles. The highest BCUT2D eigenvalue weighted by Crippen LogP contribution is 2.31. The van der Waals surface area contributed by atoms with E-state index >= 15 is 0 Å². The van der Waals surface area contributed by atoms with Gasteiger partial charge in [-0.1, -0.05) is 30.7 Å². The lowest BCUT2D eigenvalue weighted by molar-refractivity contribution is 0.0731. The van der Waals surface area contributed by atoms with E-state index in [1.165, 1.54) is 0 Å². The van der Waals surface area contributed by atoms with Gasteiger partial charge in [0, 0.05) is 12.1 Å². The Morgan fingerprint density at radius 2 is 2.19 bits per heavy atom. The van der Waals surface area contributed by atoms with Crippen molar-refractivity contribution in [3.05, 3.63) is 28.8 Å². The number of hydrogen-bond donors (Lipinski definition) is 2. The summed E-state index contributed by atoms with van der Waals surface area (Å²) in [6.45, 7) is 3.52. The van der Waals surface area contributed by atoms with Crippen molar-refractivity contribution >= 4 is 21.4 Å². The van der Waals surface area contributed by atoms with Gasteiger partial charge >= 0.3 is 0 Å². The van der Waals surface area contributed by atoms with E-state index in [0.29, 0.717) is 17.3 Å². The van der Waals surface area contributed by atoms with Crippen LogP contribution in [0.2, 0.25) is 5.02 Å². The molecule has 118 valence electrons. The zero-order valence-electron chi connectivity index (χ0n) is 11.9. The Kier molecular flexibility index (Phi) is 5.48. The van der Waals surface area contributed by atoms with Gasteiger partial charge < -0.3 is 15.2 Å². The number of nitrogens with one attached hydrogen (secondary N) is 1. The number of sulfone groups is 1. The van der Waals surface area contributed by atoms with Crippen LogP contribution in [0.3, 0.4) is 0 Å². The number of aliphatic hydroxyl groups is 1. The van der Waals surface area contributed by atoms with Gasteiger partial charge in [0.2, 0.25) is 0 Å². The molecule has 2 unspecified atom stereocenters. The molecule has 1 heterocycles. The van der Waals surface area contributed by atoms with E-state index in [1.807, 2.05) is 12.1 Å². The fourth-order valence-corrected chi connectivity index (χ4v) is 4.19. The number of para-hydroxylation sites is 1. The Hall–Kier alpha value is -0.820. The normalized spacial score (nSPS) is 24.1. The van der Waals surface area contributed by atoms with Crippen LogP contribution in [0.4, 0.5) is 0 Å². The third-order valence-corrected chi connectivity index (χ3v) is 5.32. The van der Waals surface area contributed by atoms with E-state index in [2.05, 4.69) is 12.2 Å². The number of aliphatic hydroxyl groups excluding tert-OH is 1. The van der Waals surface area contributed by atoms with E-state index in [1.54, 1.807) is 6.07 Å². The average molecular weight is 334 g/mol. The van der Waals surface area contributed by atoms with Gasteiger partial charge in [0.1, 0.15) is 18.0 Å². The molecule has 0 bridgehead atoms. The SMILES string of the molecule is CCCNCc1cccc(Cl)c1OC1CS(=O)(=O)CC1O. The standard InChI is InChI=1S/C14H20ClNO4S/c1-2-6-16-7-10-4-3-5-11(15)14(10)20-13-9-21(18,19)8-12(13)17/h3-5,12-13,16-17H,2,6-9H2,1H3. The van der Waals surface area contributed by atoms with Crippen molar-refractivity contribution in [2.24, 2.45) is 0 Å². The average Bonchev–Trinajstić information content (AvgIpc) is 2.66. The minimum absolute atomic E-state index is 0.179. The van der Waals surface area contributed by atoms with Gasteiger partial charge in [-0.15, -0.1) is 0 Å².